The number of nitrogens with zero attached hydrogens (tertiary/aromatic N) is 1. The lowest BCUT2D eigenvalue weighted by Crippen LogP contribution is -2.39. The number of amides is 1. The molecule has 5 nitrogen and oxygen atoms in total. The van der Waals surface area contributed by atoms with E-state index in [9.17, 15) is 18.0 Å². The van der Waals surface area contributed by atoms with Crippen molar-refractivity contribution in [3.63, 3.8) is 0 Å². The third-order valence-electron chi connectivity index (χ3n) is 3.46. The quantitative estimate of drug-likeness (QED) is 0.700. The van der Waals surface area contributed by atoms with Crippen molar-refractivity contribution >= 4 is 21.5 Å². The Morgan fingerprint density at radius 3 is 2.47 bits per heavy atom. The average molecular weight is 259 g/mol. The van der Waals surface area contributed by atoms with Crippen LogP contribution in [0.3, 0.4) is 0 Å². The predicted molar refractivity (Wildman–Crippen MR) is 62.2 cm³/mol. The highest BCUT2D eigenvalue weighted by Gasteiger charge is 2.31. The number of ketones is 1. The molecule has 1 amide bonds. The number of piperidine rings is 1. The third kappa shape index (κ3) is 3.28. The van der Waals surface area contributed by atoms with E-state index in [4.69, 9.17) is 0 Å². The van der Waals surface area contributed by atoms with Crippen LogP contribution in [-0.2, 0) is 19.4 Å². The maximum absolute atomic E-state index is 11.9. The zero-order valence-electron chi connectivity index (χ0n) is 9.72. The molecule has 0 aromatic heterocycles. The van der Waals surface area contributed by atoms with Crippen LogP contribution in [0.25, 0.3) is 0 Å². The second-order valence-corrected chi connectivity index (χ2v) is 7.12. The van der Waals surface area contributed by atoms with Gasteiger partial charge < -0.3 is 4.90 Å². The Morgan fingerprint density at radius 1 is 1.29 bits per heavy atom. The molecular weight excluding hydrogens is 242 g/mol. The second-order valence-electron chi connectivity index (χ2n) is 4.89. The molecule has 0 spiro atoms. The molecule has 0 aromatic carbocycles. The Labute approximate surface area is 101 Å². The summed E-state index contributed by atoms with van der Waals surface area (Å²) in [5, 5.41) is 0. The van der Waals surface area contributed by atoms with Crippen molar-refractivity contribution in [1.29, 1.82) is 0 Å². The first-order valence-electron chi connectivity index (χ1n) is 5.96. The molecule has 17 heavy (non-hydrogen) atoms. The molecule has 1 atom stereocenters. The van der Waals surface area contributed by atoms with E-state index in [1.54, 1.807) is 4.90 Å². The van der Waals surface area contributed by atoms with Crippen LogP contribution in [0.1, 0.15) is 25.7 Å². The number of sulfone groups is 1. The van der Waals surface area contributed by atoms with Gasteiger partial charge in [0.25, 0.3) is 0 Å². The normalized spacial score (nSPS) is 28.4. The molecule has 0 bridgehead atoms. The molecule has 2 heterocycles. The molecule has 6 heteroatoms. The number of carbonyl (C=O) groups is 2. The highest BCUT2D eigenvalue weighted by molar-refractivity contribution is 7.91. The van der Waals surface area contributed by atoms with Crippen LogP contribution < -0.4 is 0 Å². The van der Waals surface area contributed by atoms with Crippen LogP contribution in [0.2, 0.25) is 0 Å². The molecule has 2 saturated heterocycles. The molecule has 1 unspecified atom stereocenters. The molecule has 2 aliphatic heterocycles. The topological polar surface area (TPSA) is 71.5 Å². The zero-order chi connectivity index (χ0) is 12.5. The summed E-state index contributed by atoms with van der Waals surface area (Å²) in [5.74, 6) is 0.539. The van der Waals surface area contributed by atoms with Gasteiger partial charge in [0.15, 0.2) is 9.84 Å². The summed E-state index contributed by atoms with van der Waals surface area (Å²) >= 11 is 0. The zero-order valence-corrected chi connectivity index (χ0v) is 10.5. The molecule has 0 saturated carbocycles. The first-order chi connectivity index (χ1) is 7.96. The average Bonchev–Trinajstić information content (AvgIpc) is 2.59. The number of hydrogen-bond donors (Lipinski definition) is 0. The van der Waals surface area contributed by atoms with Gasteiger partial charge in [-0.1, -0.05) is 0 Å². The molecule has 0 aliphatic carbocycles. The fourth-order valence-electron chi connectivity index (χ4n) is 2.41. The van der Waals surface area contributed by atoms with Gasteiger partial charge in [0.2, 0.25) is 5.91 Å². The lowest BCUT2D eigenvalue weighted by Gasteiger charge is -2.26. The fourth-order valence-corrected chi connectivity index (χ4v) is 4.28. The Kier molecular flexibility index (Phi) is 3.51. The van der Waals surface area contributed by atoms with Gasteiger partial charge in [-0.05, 0) is 12.3 Å². The maximum atomic E-state index is 11.9. The van der Waals surface area contributed by atoms with E-state index in [1.807, 2.05) is 0 Å². The van der Waals surface area contributed by atoms with Gasteiger partial charge in [-0.25, -0.2) is 8.42 Å². The standard InChI is InChI=1S/C11H17NO4S/c13-10-1-4-12(5-2-10)11(14)7-9-3-6-17(15,16)8-9/h9H,1-8H2. The summed E-state index contributed by atoms with van der Waals surface area (Å²) in [5.41, 5.74) is 0. The van der Waals surface area contributed by atoms with E-state index in [-0.39, 0.29) is 29.1 Å². The summed E-state index contributed by atoms with van der Waals surface area (Å²) < 4.78 is 22.5. The van der Waals surface area contributed by atoms with Crippen molar-refractivity contribution < 1.29 is 18.0 Å². The lowest BCUT2D eigenvalue weighted by atomic mass is 10.0. The fraction of sp³-hybridized carbons (Fsp3) is 0.818. The first-order valence-corrected chi connectivity index (χ1v) is 7.78. The summed E-state index contributed by atoms with van der Waals surface area (Å²) in [4.78, 5) is 24.6. The Bertz CT molecular complexity index is 419. The van der Waals surface area contributed by atoms with E-state index in [0.29, 0.717) is 38.8 Å². The SMILES string of the molecule is O=C1CCN(C(=O)CC2CCS(=O)(=O)C2)CC1. The largest absolute Gasteiger partial charge is 0.342 e. The minimum Gasteiger partial charge on any atom is -0.342 e. The van der Waals surface area contributed by atoms with Gasteiger partial charge in [-0.3, -0.25) is 9.59 Å². The van der Waals surface area contributed by atoms with Gasteiger partial charge in [0.1, 0.15) is 5.78 Å². The number of likely N-dealkylation sites (tertiary alicyclic amines) is 1. The molecule has 2 rings (SSSR count). The van der Waals surface area contributed by atoms with Crippen molar-refractivity contribution in [2.24, 2.45) is 5.92 Å². The molecular formula is C11H17NO4S. The van der Waals surface area contributed by atoms with Crippen LogP contribution in [-0.4, -0.2) is 49.6 Å². The van der Waals surface area contributed by atoms with Crippen molar-refractivity contribution in [2.75, 3.05) is 24.6 Å². The van der Waals surface area contributed by atoms with E-state index in [1.165, 1.54) is 0 Å². The van der Waals surface area contributed by atoms with Gasteiger partial charge in [0, 0.05) is 32.4 Å². The number of carbonyl (C=O) groups excluding carboxylic acids is 2. The van der Waals surface area contributed by atoms with E-state index in [2.05, 4.69) is 0 Å². The van der Waals surface area contributed by atoms with Crippen LogP contribution in [0.15, 0.2) is 0 Å². The van der Waals surface area contributed by atoms with Gasteiger partial charge in [-0.2, -0.15) is 0 Å². The van der Waals surface area contributed by atoms with Crippen molar-refractivity contribution in [1.82, 2.24) is 4.90 Å². The number of Topliss-reactive ketones (excluding diaryl/α,β-unsaturated/α-hetero) is 1. The summed E-state index contributed by atoms with van der Waals surface area (Å²) in [7, 11) is -2.91. The Hall–Kier alpha value is -0.910. The van der Waals surface area contributed by atoms with E-state index < -0.39 is 9.84 Å². The summed E-state index contributed by atoms with van der Waals surface area (Å²) in [6.45, 7) is 0.994. The molecule has 96 valence electrons. The van der Waals surface area contributed by atoms with Crippen LogP contribution in [0.4, 0.5) is 0 Å². The first kappa shape index (κ1) is 12.5. The predicted octanol–water partition coefficient (Wildman–Crippen LogP) is 0.00270. The molecule has 2 aliphatic rings. The van der Waals surface area contributed by atoms with Crippen LogP contribution >= 0.6 is 0 Å². The Morgan fingerprint density at radius 2 is 1.94 bits per heavy atom. The maximum Gasteiger partial charge on any atom is 0.222 e. The minimum atomic E-state index is -2.91. The number of rotatable bonds is 2. The van der Waals surface area contributed by atoms with Gasteiger partial charge in [0.05, 0.1) is 11.5 Å². The smallest absolute Gasteiger partial charge is 0.222 e. The van der Waals surface area contributed by atoms with Crippen molar-refractivity contribution in [3.05, 3.63) is 0 Å². The molecule has 2 fully saturated rings. The van der Waals surface area contributed by atoms with Crippen LogP contribution in [0, 0.1) is 5.92 Å². The van der Waals surface area contributed by atoms with Gasteiger partial charge >= 0.3 is 0 Å². The van der Waals surface area contributed by atoms with E-state index >= 15 is 0 Å². The highest BCUT2D eigenvalue weighted by atomic mass is 32.2. The molecule has 0 aromatic rings. The monoisotopic (exact) mass is 259 g/mol. The highest BCUT2D eigenvalue weighted by Crippen LogP contribution is 2.23. The lowest BCUT2D eigenvalue weighted by molar-refractivity contribution is -0.135. The molecule has 0 radical (unpaired) electrons. The minimum absolute atomic E-state index is 0.000370. The summed E-state index contributed by atoms with van der Waals surface area (Å²) in [6, 6.07) is 0. The Balaban J connectivity index is 1.83. The van der Waals surface area contributed by atoms with Crippen molar-refractivity contribution in [2.45, 2.75) is 25.7 Å². The van der Waals surface area contributed by atoms with Crippen LogP contribution in [0.5, 0.6) is 0 Å². The summed E-state index contributed by atoms with van der Waals surface area (Å²) in [6.07, 6.45) is 1.79. The van der Waals surface area contributed by atoms with E-state index in [0.717, 1.165) is 0 Å². The van der Waals surface area contributed by atoms with Crippen molar-refractivity contribution in [3.8, 4) is 0 Å². The van der Waals surface area contributed by atoms with Gasteiger partial charge in [-0.15, -0.1) is 0 Å². The third-order valence-corrected chi connectivity index (χ3v) is 5.30. The molecule has 0 N–H and O–H groups in total. The second kappa shape index (κ2) is 4.76. The number of hydrogen-bond acceptors (Lipinski definition) is 4.